The Morgan fingerprint density at radius 2 is 2.06 bits per heavy atom. The van der Waals surface area contributed by atoms with Crippen LogP contribution < -0.4 is 0 Å². The van der Waals surface area contributed by atoms with Gasteiger partial charge in [0.2, 0.25) is 0 Å². The van der Waals surface area contributed by atoms with Gasteiger partial charge in [-0.25, -0.2) is 4.79 Å². The molecule has 3 heteroatoms. The Morgan fingerprint density at radius 1 is 1.39 bits per heavy atom. The number of hydrogen-bond acceptors (Lipinski definition) is 2. The molecule has 100 valence electrons. The Hall–Kier alpha value is -0.830. The lowest BCUT2D eigenvalue weighted by molar-refractivity contribution is -0.133. The minimum atomic E-state index is -0.784. The zero-order valence-electron chi connectivity index (χ0n) is 11.3. The quantitative estimate of drug-likeness (QED) is 0.751. The second-order valence-electron chi connectivity index (χ2n) is 7.21. The average molecular weight is 250 g/mol. The fraction of sp³-hybridized carbons (Fsp3) is 0.800. The lowest BCUT2D eigenvalue weighted by Crippen LogP contribution is -2.33. The molecule has 2 N–H and O–H groups in total. The molecule has 3 rings (SSSR count). The highest BCUT2D eigenvalue weighted by molar-refractivity contribution is 5.88. The summed E-state index contributed by atoms with van der Waals surface area (Å²) in [6.07, 6.45) is 4.48. The van der Waals surface area contributed by atoms with Gasteiger partial charge in [0.25, 0.3) is 0 Å². The Bertz CT molecular complexity index is 437. The third-order valence-corrected chi connectivity index (χ3v) is 5.96. The fourth-order valence-corrected chi connectivity index (χ4v) is 5.17. The monoisotopic (exact) mass is 250 g/mol. The van der Waals surface area contributed by atoms with E-state index in [0.717, 1.165) is 19.3 Å². The highest BCUT2D eigenvalue weighted by atomic mass is 16.4. The summed E-state index contributed by atoms with van der Waals surface area (Å²) in [4.78, 5) is 11.4. The first-order valence-electron chi connectivity index (χ1n) is 6.94. The molecule has 2 fully saturated rings. The van der Waals surface area contributed by atoms with Crippen LogP contribution >= 0.6 is 0 Å². The summed E-state index contributed by atoms with van der Waals surface area (Å²) in [5, 5.41) is 19.9. The molecule has 3 aliphatic rings. The van der Waals surface area contributed by atoms with Gasteiger partial charge < -0.3 is 10.2 Å². The molecule has 5 atom stereocenters. The van der Waals surface area contributed by atoms with Gasteiger partial charge in [0.05, 0.1) is 6.10 Å². The van der Waals surface area contributed by atoms with Gasteiger partial charge in [-0.15, -0.1) is 0 Å². The van der Waals surface area contributed by atoms with E-state index >= 15 is 0 Å². The van der Waals surface area contributed by atoms with Gasteiger partial charge in [0.15, 0.2) is 0 Å². The van der Waals surface area contributed by atoms with Crippen LogP contribution in [0.3, 0.4) is 0 Å². The van der Waals surface area contributed by atoms with Crippen molar-refractivity contribution in [2.45, 2.75) is 46.1 Å². The summed E-state index contributed by atoms with van der Waals surface area (Å²) in [5.41, 5.74) is 0.484. The van der Waals surface area contributed by atoms with Crippen molar-refractivity contribution in [3.63, 3.8) is 0 Å². The molecule has 0 aromatic rings. The van der Waals surface area contributed by atoms with E-state index in [2.05, 4.69) is 20.8 Å². The van der Waals surface area contributed by atoms with E-state index in [1.54, 1.807) is 0 Å². The zero-order chi connectivity index (χ0) is 13.3. The van der Waals surface area contributed by atoms with E-state index in [9.17, 15) is 15.0 Å². The maximum Gasteiger partial charge on any atom is 0.331 e. The molecule has 0 bridgehead atoms. The molecular weight excluding hydrogens is 228 g/mol. The Kier molecular flexibility index (Phi) is 2.30. The smallest absolute Gasteiger partial charge is 0.331 e. The molecular formula is C15H22O3. The van der Waals surface area contributed by atoms with Crippen molar-refractivity contribution in [2.75, 3.05) is 0 Å². The number of aliphatic hydroxyl groups excluding tert-OH is 1. The molecule has 18 heavy (non-hydrogen) atoms. The average Bonchev–Trinajstić information content (AvgIpc) is 2.79. The number of carbonyl (C=O) groups is 1. The summed E-state index contributed by atoms with van der Waals surface area (Å²) in [7, 11) is 0. The van der Waals surface area contributed by atoms with E-state index in [4.69, 9.17) is 0 Å². The van der Waals surface area contributed by atoms with Crippen molar-refractivity contribution in [3.8, 4) is 0 Å². The number of aliphatic hydroxyl groups is 1. The van der Waals surface area contributed by atoms with Crippen molar-refractivity contribution in [3.05, 3.63) is 11.6 Å². The number of rotatable bonds is 1. The van der Waals surface area contributed by atoms with Gasteiger partial charge in [-0.05, 0) is 41.9 Å². The Balaban J connectivity index is 2.11. The van der Waals surface area contributed by atoms with E-state index in [-0.39, 0.29) is 22.7 Å². The van der Waals surface area contributed by atoms with E-state index in [1.807, 2.05) is 6.08 Å². The second kappa shape index (κ2) is 3.38. The van der Waals surface area contributed by atoms with Crippen LogP contribution in [-0.2, 0) is 4.79 Å². The largest absolute Gasteiger partial charge is 0.478 e. The molecule has 0 aromatic heterocycles. The highest BCUT2D eigenvalue weighted by Gasteiger charge is 2.67. The number of hydrogen-bond donors (Lipinski definition) is 2. The second-order valence-corrected chi connectivity index (χ2v) is 7.21. The van der Waals surface area contributed by atoms with Crippen molar-refractivity contribution >= 4 is 5.97 Å². The predicted molar refractivity (Wildman–Crippen MR) is 67.9 cm³/mol. The standard InChI is InChI=1S/C15H22O3/c1-8-4-5-10-9(13(17)18)6-11-12(16)14(2,3)7-15(8,10)11/h6,8,10-12,16H,4-5,7H2,1-3H3,(H,17,18)/t8-,10+,11+,12-,15-/m1/s1. The molecule has 1 spiro atoms. The molecule has 0 heterocycles. The van der Waals surface area contributed by atoms with Crippen LogP contribution in [0.1, 0.15) is 40.0 Å². The van der Waals surface area contributed by atoms with Crippen LogP contribution in [0.4, 0.5) is 0 Å². The van der Waals surface area contributed by atoms with Gasteiger partial charge >= 0.3 is 5.97 Å². The molecule has 3 aliphatic carbocycles. The molecule has 0 saturated heterocycles. The molecule has 0 unspecified atom stereocenters. The van der Waals surface area contributed by atoms with Crippen molar-refractivity contribution < 1.29 is 15.0 Å². The zero-order valence-corrected chi connectivity index (χ0v) is 11.3. The first kappa shape index (κ1) is 12.2. The topological polar surface area (TPSA) is 57.5 Å². The van der Waals surface area contributed by atoms with Crippen LogP contribution in [0.5, 0.6) is 0 Å². The predicted octanol–water partition coefficient (Wildman–Crippen LogP) is 2.45. The molecule has 0 aromatic carbocycles. The van der Waals surface area contributed by atoms with Gasteiger partial charge in [0, 0.05) is 11.5 Å². The third-order valence-electron chi connectivity index (χ3n) is 5.96. The van der Waals surface area contributed by atoms with Crippen molar-refractivity contribution in [1.82, 2.24) is 0 Å². The van der Waals surface area contributed by atoms with Crippen LogP contribution in [0.15, 0.2) is 11.6 Å². The Labute approximate surface area is 108 Å². The minimum absolute atomic E-state index is 0.0106. The van der Waals surface area contributed by atoms with Crippen LogP contribution in [0, 0.1) is 28.6 Å². The fourth-order valence-electron chi connectivity index (χ4n) is 5.17. The summed E-state index contributed by atoms with van der Waals surface area (Å²) < 4.78 is 0. The summed E-state index contributed by atoms with van der Waals surface area (Å²) in [6.45, 7) is 6.46. The highest BCUT2D eigenvalue weighted by Crippen LogP contribution is 2.70. The van der Waals surface area contributed by atoms with E-state index in [0.29, 0.717) is 11.5 Å². The van der Waals surface area contributed by atoms with Crippen LogP contribution in [0.25, 0.3) is 0 Å². The number of carboxylic acids is 1. The first-order valence-corrected chi connectivity index (χ1v) is 6.94. The lowest BCUT2D eigenvalue weighted by Gasteiger charge is -2.36. The van der Waals surface area contributed by atoms with Gasteiger partial charge in [-0.2, -0.15) is 0 Å². The number of aliphatic carboxylic acids is 1. The SMILES string of the molecule is C[C@@H]1CC[C@H]2C(C(=O)O)=C[C@H]3[C@@H](O)C(C)(C)C[C@@]123. The molecule has 3 nitrogen and oxygen atoms in total. The van der Waals surface area contributed by atoms with Crippen LogP contribution in [0.2, 0.25) is 0 Å². The van der Waals surface area contributed by atoms with Crippen molar-refractivity contribution in [1.29, 1.82) is 0 Å². The normalized spacial score (nSPS) is 48.8. The Morgan fingerprint density at radius 3 is 2.67 bits per heavy atom. The summed E-state index contributed by atoms with van der Waals surface area (Å²) in [6, 6.07) is 0. The molecule has 0 aliphatic heterocycles. The maximum absolute atomic E-state index is 11.4. The van der Waals surface area contributed by atoms with Gasteiger partial charge in [-0.1, -0.05) is 26.8 Å². The first-order chi connectivity index (χ1) is 8.30. The van der Waals surface area contributed by atoms with E-state index in [1.165, 1.54) is 0 Å². The third kappa shape index (κ3) is 1.21. The van der Waals surface area contributed by atoms with Crippen molar-refractivity contribution in [2.24, 2.45) is 28.6 Å². The summed E-state index contributed by atoms with van der Waals surface area (Å²) >= 11 is 0. The number of carboxylic acid groups (broad SMARTS) is 1. The lowest BCUT2D eigenvalue weighted by atomic mass is 9.67. The summed E-state index contributed by atoms with van der Waals surface area (Å²) in [5.74, 6) is -0.0718. The van der Waals surface area contributed by atoms with E-state index < -0.39 is 12.1 Å². The molecule has 0 radical (unpaired) electrons. The van der Waals surface area contributed by atoms with Gasteiger partial charge in [-0.3, -0.25) is 0 Å². The maximum atomic E-state index is 11.4. The molecule has 2 saturated carbocycles. The van der Waals surface area contributed by atoms with Gasteiger partial charge in [0.1, 0.15) is 0 Å². The minimum Gasteiger partial charge on any atom is -0.478 e. The van der Waals surface area contributed by atoms with Crippen LogP contribution in [-0.4, -0.2) is 22.3 Å². The molecule has 0 amide bonds.